The van der Waals surface area contributed by atoms with Gasteiger partial charge in [0.25, 0.3) is 6.02 Å². The van der Waals surface area contributed by atoms with Crippen LogP contribution in [0.5, 0.6) is 0 Å². The average molecular weight is 114 g/mol. The molecule has 0 aromatic rings. The highest BCUT2D eigenvalue weighted by molar-refractivity contribution is 5.73. The standard InChI is InChI=1S/C5H10N2O/c1-3-4(2)8-5(6)7-3/h3-4H,1-2H3,(H2,6,7). The van der Waals surface area contributed by atoms with E-state index in [2.05, 4.69) is 4.99 Å². The Bertz CT molecular complexity index is 122. The first-order valence-corrected chi connectivity index (χ1v) is 2.70. The smallest absolute Gasteiger partial charge is 0.282 e. The van der Waals surface area contributed by atoms with Gasteiger partial charge in [0.2, 0.25) is 0 Å². The van der Waals surface area contributed by atoms with Crippen molar-refractivity contribution in [2.75, 3.05) is 0 Å². The minimum atomic E-state index is 0.162. The summed E-state index contributed by atoms with van der Waals surface area (Å²) in [6.07, 6.45) is 0.162. The fourth-order valence-corrected chi connectivity index (χ4v) is 0.625. The van der Waals surface area contributed by atoms with Crippen molar-refractivity contribution in [3.63, 3.8) is 0 Å². The summed E-state index contributed by atoms with van der Waals surface area (Å²) in [5.74, 6) is 0. The van der Waals surface area contributed by atoms with Crippen molar-refractivity contribution >= 4 is 6.02 Å². The molecular formula is C5H10N2O. The largest absolute Gasteiger partial charge is 0.460 e. The van der Waals surface area contributed by atoms with E-state index in [9.17, 15) is 0 Å². The van der Waals surface area contributed by atoms with E-state index in [1.54, 1.807) is 0 Å². The van der Waals surface area contributed by atoms with Gasteiger partial charge in [-0.2, -0.15) is 0 Å². The summed E-state index contributed by atoms with van der Waals surface area (Å²) >= 11 is 0. The van der Waals surface area contributed by atoms with Gasteiger partial charge in [0.15, 0.2) is 0 Å². The van der Waals surface area contributed by atoms with Crippen molar-refractivity contribution in [2.24, 2.45) is 10.7 Å². The zero-order chi connectivity index (χ0) is 6.15. The maximum absolute atomic E-state index is 5.24. The third kappa shape index (κ3) is 0.757. The molecule has 3 nitrogen and oxygen atoms in total. The fraction of sp³-hybridized carbons (Fsp3) is 0.800. The third-order valence-corrected chi connectivity index (χ3v) is 1.32. The lowest BCUT2D eigenvalue weighted by Gasteiger charge is -2.04. The van der Waals surface area contributed by atoms with Gasteiger partial charge in [-0.15, -0.1) is 0 Å². The maximum atomic E-state index is 5.24. The highest BCUT2D eigenvalue weighted by Crippen LogP contribution is 2.08. The molecule has 0 aromatic heterocycles. The second-order valence-electron chi connectivity index (χ2n) is 2.03. The molecule has 8 heavy (non-hydrogen) atoms. The topological polar surface area (TPSA) is 47.6 Å². The number of aliphatic imine (C=N–C) groups is 1. The monoisotopic (exact) mass is 114 g/mol. The van der Waals surface area contributed by atoms with Gasteiger partial charge < -0.3 is 10.5 Å². The second-order valence-corrected chi connectivity index (χ2v) is 2.03. The summed E-state index contributed by atoms with van der Waals surface area (Å²) in [6, 6.07) is 0.556. The third-order valence-electron chi connectivity index (χ3n) is 1.32. The Morgan fingerprint density at radius 3 is 2.38 bits per heavy atom. The minimum Gasteiger partial charge on any atom is -0.460 e. The molecule has 0 aliphatic carbocycles. The minimum absolute atomic E-state index is 0.162. The molecule has 3 heteroatoms. The van der Waals surface area contributed by atoms with Gasteiger partial charge in [-0.25, -0.2) is 4.99 Å². The van der Waals surface area contributed by atoms with E-state index in [1.807, 2.05) is 13.8 Å². The van der Waals surface area contributed by atoms with Gasteiger partial charge in [-0.1, -0.05) is 0 Å². The Balaban J connectivity index is 2.56. The fourth-order valence-electron chi connectivity index (χ4n) is 0.625. The Hall–Kier alpha value is -0.730. The van der Waals surface area contributed by atoms with Crippen LogP contribution in [0, 0.1) is 0 Å². The van der Waals surface area contributed by atoms with Crippen molar-refractivity contribution in [3.05, 3.63) is 0 Å². The Morgan fingerprint density at radius 2 is 2.25 bits per heavy atom. The van der Waals surface area contributed by atoms with Gasteiger partial charge in [0.1, 0.15) is 6.10 Å². The molecule has 1 rings (SSSR count). The highest BCUT2D eigenvalue weighted by atomic mass is 16.5. The quantitative estimate of drug-likeness (QED) is 0.485. The van der Waals surface area contributed by atoms with Crippen LogP contribution in [-0.4, -0.2) is 18.2 Å². The lowest BCUT2D eigenvalue weighted by molar-refractivity contribution is 0.215. The predicted molar refractivity (Wildman–Crippen MR) is 31.6 cm³/mol. The van der Waals surface area contributed by atoms with E-state index < -0.39 is 0 Å². The predicted octanol–water partition coefficient (Wildman–Crippen LogP) is 0.108. The van der Waals surface area contributed by atoms with Crippen LogP contribution < -0.4 is 5.73 Å². The summed E-state index contributed by atoms with van der Waals surface area (Å²) in [5, 5.41) is 0. The first-order chi connectivity index (χ1) is 3.70. The molecule has 1 aliphatic heterocycles. The number of hydrogen-bond acceptors (Lipinski definition) is 3. The van der Waals surface area contributed by atoms with Crippen LogP contribution in [0.2, 0.25) is 0 Å². The van der Waals surface area contributed by atoms with E-state index >= 15 is 0 Å². The van der Waals surface area contributed by atoms with Crippen molar-refractivity contribution in [1.82, 2.24) is 0 Å². The molecule has 0 radical (unpaired) electrons. The van der Waals surface area contributed by atoms with Crippen molar-refractivity contribution < 1.29 is 4.74 Å². The average Bonchev–Trinajstić information content (AvgIpc) is 1.85. The number of rotatable bonds is 0. The first-order valence-electron chi connectivity index (χ1n) is 2.70. The molecule has 2 N–H and O–H groups in total. The molecule has 0 fully saturated rings. The van der Waals surface area contributed by atoms with Gasteiger partial charge >= 0.3 is 0 Å². The van der Waals surface area contributed by atoms with Crippen molar-refractivity contribution in [3.8, 4) is 0 Å². The summed E-state index contributed by atoms with van der Waals surface area (Å²) < 4.78 is 5.00. The normalized spacial score (nSPS) is 36.5. The van der Waals surface area contributed by atoms with Crippen LogP contribution >= 0.6 is 0 Å². The zero-order valence-corrected chi connectivity index (χ0v) is 5.09. The highest BCUT2D eigenvalue weighted by Gasteiger charge is 2.19. The van der Waals surface area contributed by atoms with Crippen LogP contribution in [0.4, 0.5) is 0 Å². The Kier molecular flexibility index (Phi) is 1.12. The van der Waals surface area contributed by atoms with Gasteiger partial charge in [0.05, 0.1) is 6.04 Å². The lowest BCUT2D eigenvalue weighted by atomic mass is 10.2. The molecule has 2 atom stereocenters. The summed E-state index contributed by atoms with van der Waals surface area (Å²) in [7, 11) is 0. The number of nitrogens with two attached hydrogens (primary N) is 1. The number of nitrogens with zero attached hydrogens (tertiary/aromatic N) is 1. The van der Waals surface area contributed by atoms with Crippen molar-refractivity contribution in [1.29, 1.82) is 0 Å². The summed E-state index contributed by atoms with van der Waals surface area (Å²) in [6.45, 7) is 3.93. The number of amidine groups is 1. The van der Waals surface area contributed by atoms with E-state index in [0.29, 0.717) is 6.02 Å². The molecule has 1 heterocycles. The van der Waals surface area contributed by atoms with E-state index in [1.165, 1.54) is 0 Å². The van der Waals surface area contributed by atoms with Gasteiger partial charge in [0, 0.05) is 0 Å². The van der Waals surface area contributed by atoms with Gasteiger partial charge in [-0.3, -0.25) is 0 Å². The van der Waals surface area contributed by atoms with Crippen LogP contribution in [0.1, 0.15) is 13.8 Å². The molecule has 2 unspecified atom stereocenters. The molecule has 0 saturated carbocycles. The Labute approximate surface area is 48.5 Å². The number of hydrogen-bond donors (Lipinski definition) is 1. The summed E-state index contributed by atoms with van der Waals surface area (Å²) in [4.78, 5) is 3.94. The first kappa shape index (κ1) is 5.41. The van der Waals surface area contributed by atoms with Crippen LogP contribution in [0.15, 0.2) is 4.99 Å². The van der Waals surface area contributed by atoms with Gasteiger partial charge in [-0.05, 0) is 13.8 Å². The van der Waals surface area contributed by atoms with E-state index in [4.69, 9.17) is 10.5 Å². The lowest BCUT2D eigenvalue weighted by Crippen LogP contribution is -2.17. The van der Waals surface area contributed by atoms with Crippen LogP contribution in [0.25, 0.3) is 0 Å². The van der Waals surface area contributed by atoms with Crippen LogP contribution in [-0.2, 0) is 4.74 Å². The van der Waals surface area contributed by atoms with E-state index in [0.717, 1.165) is 0 Å². The molecule has 0 spiro atoms. The molecule has 0 aromatic carbocycles. The second kappa shape index (κ2) is 1.65. The molecule has 1 aliphatic rings. The molecule has 0 amide bonds. The SMILES string of the molecule is CC1N=C(N)OC1C. The molecule has 0 bridgehead atoms. The number of ether oxygens (including phenoxy) is 1. The summed E-state index contributed by atoms with van der Waals surface area (Å²) in [5.41, 5.74) is 5.24. The molecule has 46 valence electrons. The molecule has 0 saturated heterocycles. The Morgan fingerprint density at radius 1 is 1.62 bits per heavy atom. The molecular weight excluding hydrogens is 104 g/mol. The van der Waals surface area contributed by atoms with Crippen LogP contribution in [0.3, 0.4) is 0 Å². The van der Waals surface area contributed by atoms with Crippen molar-refractivity contribution in [2.45, 2.75) is 26.0 Å². The van der Waals surface area contributed by atoms with E-state index in [-0.39, 0.29) is 12.1 Å². The maximum Gasteiger partial charge on any atom is 0.282 e. The zero-order valence-electron chi connectivity index (χ0n) is 5.09.